The lowest BCUT2D eigenvalue weighted by atomic mass is 9.89. The molecule has 5 heteroatoms. The van der Waals surface area contributed by atoms with Crippen LogP contribution in [0.3, 0.4) is 0 Å². The predicted octanol–water partition coefficient (Wildman–Crippen LogP) is 5.02. The number of anilines is 1. The van der Waals surface area contributed by atoms with Gasteiger partial charge in [-0.3, -0.25) is 9.59 Å². The molecule has 1 N–H and O–H groups in total. The number of piperidine rings is 1. The first-order chi connectivity index (χ1) is 13.7. The average Bonchev–Trinajstić information content (AvgIpc) is 3.30. The highest BCUT2D eigenvalue weighted by Crippen LogP contribution is 2.29. The number of amides is 2. The number of nitrogens with one attached hydrogen (secondary N) is 1. The number of likely N-dealkylation sites (tertiary alicyclic amines) is 1. The Bertz CT molecular complexity index is 946. The van der Waals surface area contributed by atoms with Gasteiger partial charge in [0.15, 0.2) is 0 Å². The summed E-state index contributed by atoms with van der Waals surface area (Å²) in [5.41, 5.74) is 3.06. The number of carbonyl (C=O) groups excluding carboxylic acids is 2. The molecule has 1 aliphatic heterocycles. The fraction of sp³-hybridized carbons (Fsp3) is 0.217. The molecule has 0 unspecified atom stereocenters. The molecule has 142 valence electrons. The van der Waals surface area contributed by atoms with E-state index in [1.54, 1.807) is 23.6 Å². The fourth-order valence-corrected chi connectivity index (χ4v) is 4.31. The molecule has 0 atom stereocenters. The summed E-state index contributed by atoms with van der Waals surface area (Å²) in [5.74, 6) is 0.288. The minimum Gasteiger partial charge on any atom is -0.339 e. The SMILES string of the molecule is O=C(Nc1ccccc1C(=O)N1CCC(c2ccccc2)CC1)c1ccsc1. The Hall–Kier alpha value is -2.92. The number of nitrogens with zero attached hydrogens (tertiary/aromatic N) is 1. The Balaban J connectivity index is 1.45. The average molecular weight is 391 g/mol. The lowest BCUT2D eigenvalue weighted by Gasteiger charge is -2.32. The van der Waals surface area contributed by atoms with Crippen LogP contribution in [0.2, 0.25) is 0 Å². The minimum absolute atomic E-state index is 0.0206. The second-order valence-corrected chi connectivity index (χ2v) is 7.77. The summed E-state index contributed by atoms with van der Waals surface area (Å²) in [7, 11) is 0. The molecule has 0 radical (unpaired) electrons. The maximum absolute atomic E-state index is 13.1. The first kappa shape index (κ1) is 18.4. The van der Waals surface area contributed by atoms with Crippen LogP contribution in [0.1, 0.15) is 45.0 Å². The molecule has 1 fully saturated rings. The molecule has 2 amide bonds. The van der Waals surface area contributed by atoms with Gasteiger partial charge in [0.05, 0.1) is 16.8 Å². The van der Waals surface area contributed by atoms with E-state index in [-0.39, 0.29) is 11.8 Å². The van der Waals surface area contributed by atoms with E-state index in [1.165, 1.54) is 16.9 Å². The van der Waals surface area contributed by atoms with Gasteiger partial charge in [0.1, 0.15) is 0 Å². The van der Waals surface area contributed by atoms with Crippen molar-refractivity contribution in [3.8, 4) is 0 Å². The van der Waals surface area contributed by atoms with E-state index >= 15 is 0 Å². The quantitative estimate of drug-likeness (QED) is 0.680. The summed E-state index contributed by atoms with van der Waals surface area (Å²) in [4.78, 5) is 27.4. The van der Waals surface area contributed by atoms with Gasteiger partial charge >= 0.3 is 0 Å². The van der Waals surface area contributed by atoms with E-state index in [1.807, 2.05) is 28.5 Å². The maximum atomic E-state index is 13.1. The molecule has 28 heavy (non-hydrogen) atoms. The Morgan fingerprint density at radius 2 is 1.64 bits per heavy atom. The lowest BCUT2D eigenvalue weighted by Crippen LogP contribution is -2.38. The van der Waals surface area contributed by atoms with Gasteiger partial charge in [-0.1, -0.05) is 42.5 Å². The second kappa shape index (κ2) is 8.40. The molecule has 3 aromatic rings. The molecule has 4 nitrogen and oxygen atoms in total. The van der Waals surface area contributed by atoms with Crippen molar-refractivity contribution in [1.29, 1.82) is 0 Å². The standard InChI is InChI=1S/C23H22N2O2S/c26-22(19-12-15-28-16-19)24-21-9-5-4-8-20(21)23(27)25-13-10-18(11-14-25)17-6-2-1-3-7-17/h1-9,12,15-16,18H,10-11,13-14H2,(H,24,26). The molecule has 4 rings (SSSR count). The third-order valence-electron chi connectivity index (χ3n) is 5.24. The lowest BCUT2D eigenvalue weighted by molar-refractivity contribution is 0.0714. The second-order valence-electron chi connectivity index (χ2n) is 6.99. The highest BCUT2D eigenvalue weighted by Gasteiger charge is 2.26. The monoisotopic (exact) mass is 390 g/mol. The van der Waals surface area contributed by atoms with E-state index in [9.17, 15) is 9.59 Å². The van der Waals surface area contributed by atoms with Crippen LogP contribution in [0.5, 0.6) is 0 Å². The third kappa shape index (κ3) is 3.99. The Kier molecular flexibility index (Phi) is 5.53. The molecule has 2 heterocycles. The van der Waals surface area contributed by atoms with Gasteiger partial charge in [0.2, 0.25) is 0 Å². The fourth-order valence-electron chi connectivity index (χ4n) is 3.68. The molecule has 0 aliphatic carbocycles. The molecular weight excluding hydrogens is 368 g/mol. The zero-order valence-electron chi connectivity index (χ0n) is 15.5. The normalized spacial score (nSPS) is 14.6. The van der Waals surface area contributed by atoms with E-state index in [0.29, 0.717) is 22.7 Å². The van der Waals surface area contributed by atoms with Crippen molar-refractivity contribution in [2.75, 3.05) is 18.4 Å². The van der Waals surface area contributed by atoms with Crippen LogP contribution < -0.4 is 5.32 Å². The molecule has 0 bridgehead atoms. The number of benzene rings is 2. The number of hydrogen-bond donors (Lipinski definition) is 1. The van der Waals surface area contributed by atoms with Crippen LogP contribution in [-0.4, -0.2) is 29.8 Å². The van der Waals surface area contributed by atoms with Crippen molar-refractivity contribution in [1.82, 2.24) is 4.90 Å². The number of para-hydroxylation sites is 1. The topological polar surface area (TPSA) is 49.4 Å². The van der Waals surface area contributed by atoms with Crippen molar-refractivity contribution < 1.29 is 9.59 Å². The van der Waals surface area contributed by atoms with Crippen molar-refractivity contribution in [2.24, 2.45) is 0 Å². The van der Waals surface area contributed by atoms with Crippen LogP contribution in [0.15, 0.2) is 71.4 Å². The zero-order chi connectivity index (χ0) is 19.3. The molecule has 0 saturated carbocycles. The summed E-state index contributed by atoms with van der Waals surface area (Å²) < 4.78 is 0. The van der Waals surface area contributed by atoms with Gasteiger partial charge in [0.25, 0.3) is 11.8 Å². The summed E-state index contributed by atoms with van der Waals surface area (Å²) in [6, 6.07) is 19.5. The van der Waals surface area contributed by atoms with Gasteiger partial charge in [-0.05, 0) is 47.9 Å². The maximum Gasteiger partial charge on any atom is 0.256 e. The molecule has 1 aliphatic rings. The van der Waals surface area contributed by atoms with Crippen LogP contribution >= 0.6 is 11.3 Å². The Morgan fingerprint density at radius 1 is 0.929 bits per heavy atom. The summed E-state index contributed by atoms with van der Waals surface area (Å²) >= 11 is 1.47. The van der Waals surface area contributed by atoms with E-state index in [4.69, 9.17) is 0 Å². The van der Waals surface area contributed by atoms with Crippen LogP contribution in [0.25, 0.3) is 0 Å². The molecular formula is C23H22N2O2S. The number of carbonyl (C=O) groups is 2. The number of thiophene rings is 1. The number of rotatable bonds is 4. The smallest absolute Gasteiger partial charge is 0.256 e. The van der Waals surface area contributed by atoms with Crippen LogP contribution in [-0.2, 0) is 0 Å². The summed E-state index contributed by atoms with van der Waals surface area (Å²) in [5, 5.41) is 6.55. The van der Waals surface area contributed by atoms with E-state index in [2.05, 4.69) is 29.6 Å². The Morgan fingerprint density at radius 3 is 2.36 bits per heavy atom. The number of hydrogen-bond acceptors (Lipinski definition) is 3. The van der Waals surface area contributed by atoms with Crippen molar-refractivity contribution in [3.63, 3.8) is 0 Å². The third-order valence-corrected chi connectivity index (χ3v) is 5.93. The van der Waals surface area contributed by atoms with Crippen molar-refractivity contribution >= 4 is 28.8 Å². The van der Waals surface area contributed by atoms with Crippen LogP contribution in [0.4, 0.5) is 5.69 Å². The first-order valence-corrected chi connectivity index (χ1v) is 10.4. The highest BCUT2D eigenvalue weighted by molar-refractivity contribution is 7.08. The van der Waals surface area contributed by atoms with E-state index in [0.717, 1.165) is 25.9 Å². The Labute approximate surface area is 168 Å². The van der Waals surface area contributed by atoms with Gasteiger partial charge in [0, 0.05) is 18.5 Å². The largest absolute Gasteiger partial charge is 0.339 e. The van der Waals surface area contributed by atoms with Gasteiger partial charge < -0.3 is 10.2 Å². The highest BCUT2D eigenvalue weighted by atomic mass is 32.1. The van der Waals surface area contributed by atoms with Gasteiger partial charge in [-0.25, -0.2) is 0 Å². The van der Waals surface area contributed by atoms with Gasteiger partial charge in [-0.15, -0.1) is 0 Å². The van der Waals surface area contributed by atoms with E-state index < -0.39 is 0 Å². The zero-order valence-corrected chi connectivity index (χ0v) is 16.3. The minimum atomic E-state index is -0.190. The molecule has 1 saturated heterocycles. The van der Waals surface area contributed by atoms with Crippen molar-refractivity contribution in [3.05, 3.63) is 88.1 Å². The van der Waals surface area contributed by atoms with Crippen LogP contribution in [0, 0.1) is 0 Å². The summed E-state index contributed by atoms with van der Waals surface area (Å²) in [6.45, 7) is 1.45. The molecule has 1 aromatic heterocycles. The summed E-state index contributed by atoms with van der Waals surface area (Å²) in [6.07, 6.45) is 1.92. The molecule has 0 spiro atoms. The molecule has 2 aromatic carbocycles. The van der Waals surface area contributed by atoms with Gasteiger partial charge in [-0.2, -0.15) is 11.3 Å². The first-order valence-electron chi connectivity index (χ1n) is 9.49. The predicted molar refractivity (Wildman–Crippen MR) is 113 cm³/mol. The van der Waals surface area contributed by atoms with Crippen molar-refractivity contribution in [2.45, 2.75) is 18.8 Å².